The topological polar surface area (TPSA) is 42.4 Å². The van der Waals surface area contributed by atoms with Crippen molar-refractivity contribution in [2.75, 3.05) is 6.54 Å². The van der Waals surface area contributed by atoms with E-state index in [4.69, 9.17) is 10.2 Å². The van der Waals surface area contributed by atoms with Crippen LogP contribution in [0, 0.1) is 12.8 Å². The fourth-order valence-electron chi connectivity index (χ4n) is 2.48. The second-order valence-electron chi connectivity index (χ2n) is 5.60. The van der Waals surface area contributed by atoms with Gasteiger partial charge in [0, 0.05) is 24.7 Å². The average molecular weight is 234 g/mol. The van der Waals surface area contributed by atoms with Crippen LogP contribution in [0.4, 0.5) is 0 Å². The van der Waals surface area contributed by atoms with Crippen LogP contribution in [0.15, 0.2) is 10.5 Å². The van der Waals surface area contributed by atoms with Crippen LogP contribution in [0.5, 0.6) is 0 Å². The van der Waals surface area contributed by atoms with Gasteiger partial charge in [0.2, 0.25) is 0 Å². The summed E-state index contributed by atoms with van der Waals surface area (Å²) in [6.45, 7) is 4.90. The zero-order valence-corrected chi connectivity index (χ0v) is 10.6. The zero-order valence-electron chi connectivity index (χ0n) is 10.6. The Morgan fingerprint density at radius 1 is 1.35 bits per heavy atom. The van der Waals surface area contributed by atoms with Gasteiger partial charge in [0.1, 0.15) is 11.5 Å². The second-order valence-corrected chi connectivity index (χ2v) is 5.60. The van der Waals surface area contributed by atoms with E-state index in [1.54, 1.807) is 0 Å². The summed E-state index contributed by atoms with van der Waals surface area (Å²) in [5.41, 5.74) is 6.95. The molecule has 2 saturated carbocycles. The molecule has 2 aliphatic carbocycles. The summed E-state index contributed by atoms with van der Waals surface area (Å²) >= 11 is 0. The maximum absolute atomic E-state index is 5.63. The van der Waals surface area contributed by atoms with E-state index < -0.39 is 0 Å². The molecule has 94 valence electrons. The van der Waals surface area contributed by atoms with Gasteiger partial charge in [-0.1, -0.05) is 0 Å². The predicted octanol–water partition coefficient (Wildman–Crippen LogP) is 2.42. The van der Waals surface area contributed by atoms with Crippen LogP contribution >= 0.6 is 0 Å². The first-order valence-electron chi connectivity index (χ1n) is 6.78. The number of nitrogens with zero attached hydrogens (tertiary/aromatic N) is 1. The molecule has 1 heterocycles. The first-order valence-corrected chi connectivity index (χ1v) is 6.78. The van der Waals surface area contributed by atoms with E-state index in [0.717, 1.165) is 30.0 Å². The SMILES string of the molecule is Cc1oc(CN)cc1CN(CC1CC1)C1CC1. The Hall–Kier alpha value is -0.800. The van der Waals surface area contributed by atoms with Gasteiger partial charge in [0.25, 0.3) is 0 Å². The third kappa shape index (κ3) is 2.72. The van der Waals surface area contributed by atoms with Crippen LogP contribution in [0.3, 0.4) is 0 Å². The Kier molecular flexibility index (Phi) is 2.97. The largest absolute Gasteiger partial charge is 0.465 e. The van der Waals surface area contributed by atoms with Gasteiger partial charge in [0.05, 0.1) is 6.54 Å². The van der Waals surface area contributed by atoms with Gasteiger partial charge < -0.3 is 10.2 Å². The highest BCUT2D eigenvalue weighted by Gasteiger charge is 2.33. The highest BCUT2D eigenvalue weighted by molar-refractivity contribution is 5.21. The molecule has 3 rings (SSSR count). The van der Waals surface area contributed by atoms with Gasteiger partial charge >= 0.3 is 0 Å². The molecule has 0 saturated heterocycles. The minimum absolute atomic E-state index is 0.507. The van der Waals surface area contributed by atoms with Gasteiger partial charge in [-0.15, -0.1) is 0 Å². The lowest BCUT2D eigenvalue weighted by atomic mass is 10.2. The Morgan fingerprint density at radius 2 is 2.12 bits per heavy atom. The van der Waals surface area contributed by atoms with Crippen molar-refractivity contribution >= 4 is 0 Å². The normalized spacial score (nSPS) is 20.2. The molecule has 2 aliphatic rings. The standard InChI is InChI=1S/C14H22N2O/c1-10-12(6-14(7-15)17-10)9-16(13-4-5-13)8-11-2-3-11/h6,11,13H,2-5,7-9,15H2,1H3. The van der Waals surface area contributed by atoms with E-state index in [1.165, 1.54) is 37.8 Å². The summed E-state index contributed by atoms with van der Waals surface area (Å²) in [6, 6.07) is 2.98. The molecule has 0 radical (unpaired) electrons. The number of rotatable bonds is 6. The predicted molar refractivity (Wildman–Crippen MR) is 67.5 cm³/mol. The van der Waals surface area contributed by atoms with E-state index in [9.17, 15) is 0 Å². The number of hydrogen-bond donors (Lipinski definition) is 1. The number of hydrogen-bond acceptors (Lipinski definition) is 3. The maximum Gasteiger partial charge on any atom is 0.118 e. The van der Waals surface area contributed by atoms with Crippen molar-refractivity contribution in [3.8, 4) is 0 Å². The fraction of sp³-hybridized carbons (Fsp3) is 0.714. The average Bonchev–Trinajstić information content (AvgIpc) is 3.19. The molecule has 2 fully saturated rings. The van der Waals surface area contributed by atoms with Crippen molar-refractivity contribution in [1.82, 2.24) is 4.90 Å². The first kappa shape index (κ1) is 11.3. The summed E-state index contributed by atoms with van der Waals surface area (Å²) in [5.74, 6) is 2.93. The van der Waals surface area contributed by atoms with Crippen molar-refractivity contribution in [2.24, 2.45) is 11.7 Å². The zero-order chi connectivity index (χ0) is 11.8. The molecule has 1 aromatic heterocycles. The van der Waals surface area contributed by atoms with Crippen molar-refractivity contribution in [3.63, 3.8) is 0 Å². The van der Waals surface area contributed by atoms with Gasteiger partial charge in [-0.3, -0.25) is 4.90 Å². The summed E-state index contributed by atoms with van der Waals surface area (Å²) < 4.78 is 5.63. The van der Waals surface area contributed by atoms with Gasteiger partial charge in [0.15, 0.2) is 0 Å². The summed E-state index contributed by atoms with van der Waals surface area (Å²) in [6.07, 6.45) is 5.63. The Bertz CT molecular complexity index is 391. The van der Waals surface area contributed by atoms with E-state index in [1.807, 2.05) is 0 Å². The van der Waals surface area contributed by atoms with E-state index in [0.29, 0.717) is 6.54 Å². The molecule has 0 spiro atoms. The lowest BCUT2D eigenvalue weighted by molar-refractivity contribution is 0.242. The van der Waals surface area contributed by atoms with Crippen LogP contribution < -0.4 is 5.73 Å². The van der Waals surface area contributed by atoms with E-state index in [2.05, 4.69) is 17.9 Å². The van der Waals surface area contributed by atoms with Crippen LogP contribution in [0.25, 0.3) is 0 Å². The Labute approximate surface area is 103 Å². The van der Waals surface area contributed by atoms with Crippen LogP contribution in [-0.2, 0) is 13.1 Å². The smallest absolute Gasteiger partial charge is 0.118 e. The summed E-state index contributed by atoms with van der Waals surface area (Å²) in [4.78, 5) is 2.65. The molecule has 1 aromatic rings. The number of furan rings is 1. The summed E-state index contributed by atoms with van der Waals surface area (Å²) in [7, 11) is 0. The second kappa shape index (κ2) is 4.46. The quantitative estimate of drug-likeness (QED) is 0.822. The Balaban J connectivity index is 1.67. The van der Waals surface area contributed by atoms with E-state index >= 15 is 0 Å². The summed E-state index contributed by atoms with van der Waals surface area (Å²) in [5, 5.41) is 0. The molecule has 2 N–H and O–H groups in total. The highest BCUT2D eigenvalue weighted by Crippen LogP contribution is 2.36. The molecule has 0 amide bonds. The minimum atomic E-state index is 0.507. The molecule has 0 aliphatic heterocycles. The molecule has 3 heteroatoms. The third-order valence-electron chi connectivity index (χ3n) is 3.90. The van der Waals surface area contributed by atoms with Crippen molar-refractivity contribution in [3.05, 3.63) is 23.2 Å². The van der Waals surface area contributed by atoms with Gasteiger partial charge in [-0.25, -0.2) is 0 Å². The third-order valence-corrected chi connectivity index (χ3v) is 3.90. The maximum atomic E-state index is 5.63. The lowest BCUT2D eigenvalue weighted by Crippen LogP contribution is -2.27. The molecule has 0 aromatic carbocycles. The van der Waals surface area contributed by atoms with Crippen molar-refractivity contribution in [1.29, 1.82) is 0 Å². The van der Waals surface area contributed by atoms with Crippen molar-refractivity contribution < 1.29 is 4.42 Å². The lowest BCUT2D eigenvalue weighted by Gasteiger charge is -2.21. The molecular weight excluding hydrogens is 212 g/mol. The molecule has 0 unspecified atom stereocenters. The molecule has 0 bridgehead atoms. The van der Waals surface area contributed by atoms with Crippen LogP contribution in [0.2, 0.25) is 0 Å². The van der Waals surface area contributed by atoms with Gasteiger partial charge in [-0.05, 0) is 44.6 Å². The minimum Gasteiger partial charge on any atom is -0.465 e. The first-order chi connectivity index (χ1) is 8.26. The van der Waals surface area contributed by atoms with Gasteiger partial charge in [-0.2, -0.15) is 0 Å². The molecule has 3 nitrogen and oxygen atoms in total. The number of nitrogens with two attached hydrogens (primary N) is 1. The monoisotopic (exact) mass is 234 g/mol. The van der Waals surface area contributed by atoms with Crippen molar-refractivity contribution in [2.45, 2.75) is 51.7 Å². The number of aryl methyl sites for hydroxylation is 1. The molecule has 0 atom stereocenters. The molecular formula is C14H22N2O. The highest BCUT2D eigenvalue weighted by atomic mass is 16.3. The molecule has 17 heavy (non-hydrogen) atoms. The fourth-order valence-corrected chi connectivity index (χ4v) is 2.48. The van der Waals surface area contributed by atoms with E-state index in [-0.39, 0.29) is 0 Å². The van der Waals surface area contributed by atoms with Crippen LogP contribution in [-0.4, -0.2) is 17.5 Å². The Morgan fingerprint density at radius 3 is 2.65 bits per heavy atom. The van der Waals surface area contributed by atoms with Crippen LogP contribution in [0.1, 0.15) is 42.8 Å².